The van der Waals surface area contributed by atoms with Crippen LogP contribution in [0.2, 0.25) is 0 Å². The van der Waals surface area contributed by atoms with Crippen LogP contribution in [-0.2, 0) is 9.59 Å². The van der Waals surface area contributed by atoms with Crippen molar-refractivity contribution in [3.63, 3.8) is 0 Å². The molecule has 17 heavy (non-hydrogen) atoms. The third-order valence-electron chi connectivity index (χ3n) is 3.40. The Bertz CT molecular complexity index is 380. The maximum Gasteiger partial charge on any atom is 0.331 e. The van der Waals surface area contributed by atoms with E-state index < -0.39 is 23.3 Å². The van der Waals surface area contributed by atoms with Crippen molar-refractivity contribution >= 4 is 17.8 Å². The molecule has 1 atom stereocenters. The average Bonchev–Trinajstić information content (AvgIpc) is 2.14. The summed E-state index contributed by atoms with van der Waals surface area (Å²) < 4.78 is 0. The highest BCUT2D eigenvalue weighted by Gasteiger charge is 2.49. The van der Waals surface area contributed by atoms with E-state index in [1.807, 2.05) is 27.7 Å². The van der Waals surface area contributed by atoms with Crippen molar-refractivity contribution in [1.29, 1.82) is 0 Å². The van der Waals surface area contributed by atoms with Crippen LogP contribution in [0.3, 0.4) is 0 Å². The van der Waals surface area contributed by atoms with Crippen LogP contribution < -0.4 is 5.32 Å². The second kappa shape index (κ2) is 3.82. The van der Waals surface area contributed by atoms with Gasteiger partial charge in [-0.2, -0.15) is 0 Å². The standard InChI is InChI=1S/C12H20N2O3/c1-7(11(2,3)4)14-9(16)12(5,6)8(15)13-10(14)17/h7H,1-6H3,(H,13,15,17). The maximum atomic E-state index is 12.2. The molecule has 1 fully saturated rings. The summed E-state index contributed by atoms with van der Waals surface area (Å²) >= 11 is 0. The van der Waals surface area contributed by atoms with Gasteiger partial charge in [0.25, 0.3) is 0 Å². The highest BCUT2D eigenvalue weighted by molar-refractivity contribution is 6.18. The van der Waals surface area contributed by atoms with Gasteiger partial charge in [-0.1, -0.05) is 20.8 Å². The van der Waals surface area contributed by atoms with Crippen LogP contribution in [0.4, 0.5) is 4.79 Å². The average molecular weight is 240 g/mol. The van der Waals surface area contributed by atoms with Crippen LogP contribution >= 0.6 is 0 Å². The number of barbiturate groups is 1. The van der Waals surface area contributed by atoms with Gasteiger partial charge in [0.15, 0.2) is 0 Å². The predicted octanol–water partition coefficient (Wildman–Crippen LogP) is 1.53. The molecule has 1 rings (SSSR count). The molecule has 0 aromatic carbocycles. The number of urea groups is 1. The lowest BCUT2D eigenvalue weighted by atomic mass is 9.83. The summed E-state index contributed by atoms with van der Waals surface area (Å²) in [7, 11) is 0. The molecule has 1 heterocycles. The summed E-state index contributed by atoms with van der Waals surface area (Å²) in [6, 6.07) is -0.899. The fourth-order valence-corrected chi connectivity index (χ4v) is 1.54. The molecule has 0 radical (unpaired) electrons. The number of imide groups is 2. The predicted molar refractivity (Wildman–Crippen MR) is 63.1 cm³/mol. The molecular formula is C12H20N2O3. The van der Waals surface area contributed by atoms with E-state index in [-0.39, 0.29) is 11.5 Å². The van der Waals surface area contributed by atoms with E-state index in [2.05, 4.69) is 5.32 Å². The van der Waals surface area contributed by atoms with Gasteiger partial charge in [-0.3, -0.25) is 19.8 Å². The lowest BCUT2D eigenvalue weighted by molar-refractivity contribution is -0.151. The van der Waals surface area contributed by atoms with Gasteiger partial charge in [0.2, 0.25) is 11.8 Å². The van der Waals surface area contributed by atoms with Gasteiger partial charge < -0.3 is 0 Å². The highest BCUT2D eigenvalue weighted by Crippen LogP contribution is 2.31. The number of amides is 4. The zero-order valence-corrected chi connectivity index (χ0v) is 11.2. The molecule has 5 nitrogen and oxygen atoms in total. The minimum atomic E-state index is -1.19. The van der Waals surface area contributed by atoms with Crippen molar-refractivity contribution in [2.75, 3.05) is 0 Å². The van der Waals surface area contributed by atoms with Gasteiger partial charge in [0.1, 0.15) is 5.41 Å². The van der Waals surface area contributed by atoms with Crippen molar-refractivity contribution in [2.24, 2.45) is 10.8 Å². The van der Waals surface area contributed by atoms with Gasteiger partial charge in [0.05, 0.1) is 0 Å². The molecule has 1 saturated heterocycles. The van der Waals surface area contributed by atoms with Crippen LogP contribution in [-0.4, -0.2) is 28.8 Å². The fraction of sp³-hybridized carbons (Fsp3) is 0.750. The first-order valence-electron chi connectivity index (χ1n) is 5.68. The molecule has 1 N–H and O–H groups in total. The van der Waals surface area contributed by atoms with E-state index in [9.17, 15) is 14.4 Å². The third kappa shape index (κ3) is 2.18. The minimum Gasteiger partial charge on any atom is -0.277 e. The van der Waals surface area contributed by atoms with Crippen LogP contribution in [0.5, 0.6) is 0 Å². The fourth-order valence-electron chi connectivity index (χ4n) is 1.54. The Kier molecular flexibility index (Phi) is 3.07. The van der Waals surface area contributed by atoms with E-state index in [1.54, 1.807) is 0 Å². The number of nitrogens with zero attached hydrogens (tertiary/aromatic N) is 1. The monoisotopic (exact) mass is 240 g/mol. The van der Waals surface area contributed by atoms with Gasteiger partial charge in [0, 0.05) is 6.04 Å². The summed E-state index contributed by atoms with van der Waals surface area (Å²) in [4.78, 5) is 36.7. The van der Waals surface area contributed by atoms with E-state index >= 15 is 0 Å². The number of rotatable bonds is 1. The van der Waals surface area contributed by atoms with Crippen molar-refractivity contribution < 1.29 is 14.4 Å². The van der Waals surface area contributed by atoms with Gasteiger partial charge in [-0.05, 0) is 26.2 Å². The number of hydrogen-bond acceptors (Lipinski definition) is 3. The molecule has 0 aliphatic carbocycles. The molecule has 0 saturated carbocycles. The van der Waals surface area contributed by atoms with Crippen molar-refractivity contribution in [1.82, 2.24) is 10.2 Å². The summed E-state index contributed by atoms with van der Waals surface area (Å²) in [6.07, 6.45) is 0. The highest BCUT2D eigenvalue weighted by atomic mass is 16.2. The molecule has 0 aromatic heterocycles. The number of hydrogen-bond donors (Lipinski definition) is 1. The second-order valence-corrected chi connectivity index (χ2v) is 6.10. The summed E-state index contributed by atoms with van der Waals surface area (Å²) in [5.41, 5.74) is -1.42. The zero-order valence-electron chi connectivity index (χ0n) is 11.2. The van der Waals surface area contributed by atoms with E-state index in [0.717, 1.165) is 4.90 Å². The molecule has 5 heteroatoms. The quantitative estimate of drug-likeness (QED) is 0.707. The minimum absolute atomic E-state index is 0.233. The number of carbonyl (C=O) groups excluding carboxylic acids is 3. The molecular weight excluding hydrogens is 220 g/mol. The second-order valence-electron chi connectivity index (χ2n) is 6.10. The Balaban J connectivity index is 3.13. The number of carbonyl (C=O) groups is 3. The molecule has 0 bridgehead atoms. The molecule has 96 valence electrons. The van der Waals surface area contributed by atoms with Crippen LogP contribution in [0.15, 0.2) is 0 Å². The molecule has 0 spiro atoms. The molecule has 0 aromatic rings. The van der Waals surface area contributed by atoms with Gasteiger partial charge >= 0.3 is 6.03 Å². The van der Waals surface area contributed by atoms with Crippen LogP contribution in [0, 0.1) is 10.8 Å². The summed E-state index contributed by atoms with van der Waals surface area (Å²) in [5, 5.41) is 2.23. The molecule has 1 aliphatic rings. The van der Waals surface area contributed by atoms with E-state index in [4.69, 9.17) is 0 Å². The van der Waals surface area contributed by atoms with Crippen LogP contribution in [0.25, 0.3) is 0 Å². The molecule has 1 unspecified atom stereocenters. The first kappa shape index (κ1) is 13.7. The van der Waals surface area contributed by atoms with Crippen molar-refractivity contribution in [3.05, 3.63) is 0 Å². The largest absolute Gasteiger partial charge is 0.331 e. The summed E-state index contributed by atoms with van der Waals surface area (Å²) in [6.45, 7) is 10.7. The Morgan fingerprint density at radius 1 is 1.18 bits per heavy atom. The normalized spacial score (nSPS) is 22.5. The lowest BCUT2D eigenvalue weighted by Crippen LogP contribution is -2.65. The zero-order chi connectivity index (χ0) is 13.6. The lowest BCUT2D eigenvalue weighted by Gasteiger charge is -2.42. The SMILES string of the molecule is CC(N1C(=O)NC(=O)C(C)(C)C1=O)C(C)(C)C. The van der Waals surface area contributed by atoms with Crippen molar-refractivity contribution in [3.8, 4) is 0 Å². The first-order valence-corrected chi connectivity index (χ1v) is 5.68. The van der Waals surface area contributed by atoms with Crippen molar-refractivity contribution in [2.45, 2.75) is 47.6 Å². The van der Waals surface area contributed by atoms with E-state index in [0.29, 0.717) is 0 Å². The van der Waals surface area contributed by atoms with Crippen LogP contribution in [0.1, 0.15) is 41.5 Å². The third-order valence-corrected chi connectivity index (χ3v) is 3.40. The van der Waals surface area contributed by atoms with Gasteiger partial charge in [-0.25, -0.2) is 4.79 Å². The number of nitrogens with one attached hydrogen (secondary N) is 1. The smallest absolute Gasteiger partial charge is 0.277 e. The Labute approximate surface area is 102 Å². The maximum absolute atomic E-state index is 12.2. The topological polar surface area (TPSA) is 66.5 Å². The molecule has 4 amide bonds. The Hall–Kier alpha value is -1.39. The summed E-state index contributed by atoms with van der Waals surface area (Å²) in [5.74, 6) is -0.974. The van der Waals surface area contributed by atoms with Gasteiger partial charge in [-0.15, -0.1) is 0 Å². The first-order chi connectivity index (χ1) is 7.49. The Morgan fingerprint density at radius 3 is 2.06 bits per heavy atom. The Morgan fingerprint density at radius 2 is 1.65 bits per heavy atom. The molecule has 1 aliphatic heterocycles. The van der Waals surface area contributed by atoms with E-state index in [1.165, 1.54) is 13.8 Å².